The van der Waals surface area contributed by atoms with Gasteiger partial charge < -0.3 is 31.1 Å². The molecular formula is C29H40N4O6. The van der Waals surface area contributed by atoms with Gasteiger partial charge in [-0.3, -0.25) is 14.4 Å². The van der Waals surface area contributed by atoms with E-state index in [-0.39, 0.29) is 30.7 Å². The second kappa shape index (κ2) is 13.1. The summed E-state index contributed by atoms with van der Waals surface area (Å²) in [5.74, 6) is -2.00. The molecule has 10 nitrogen and oxygen atoms in total. The molecule has 0 aliphatic rings. The predicted octanol–water partition coefficient (Wildman–Crippen LogP) is 3.54. The lowest BCUT2D eigenvalue weighted by Crippen LogP contribution is -2.58. The molecule has 5 N–H and O–H groups in total. The first-order chi connectivity index (χ1) is 18.1. The molecule has 0 spiro atoms. The van der Waals surface area contributed by atoms with Gasteiger partial charge in [-0.2, -0.15) is 0 Å². The number of aromatic hydroxyl groups is 1. The maximum Gasteiger partial charge on any atom is 0.408 e. The predicted molar refractivity (Wildman–Crippen MR) is 147 cm³/mol. The van der Waals surface area contributed by atoms with Crippen LogP contribution in [0, 0.1) is 0 Å². The highest BCUT2D eigenvalue weighted by atomic mass is 16.6. The minimum absolute atomic E-state index is 0.112. The fourth-order valence-electron chi connectivity index (χ4n) is 4.00. The first-order valence-corrected chi connectivity index (χ1v) is 12.8. The Morgan fingerprint density at radius 1 is 0.949 bits per heavy atom. The number of alkyl carbamates (subject to hydrolysis) is 1. The summed E-state index contributed by atoms with van der Waals surface area (Å²) in [6, 6.07) is 13.0. The van der Waals surface area contributed by atoms with Gasteiger partial charge in [0.2, 0.25) is 17.7 Å². The molecule has 2 atom stereocenters. The van der Waals surface area contributed by atoms with Crippen molar-refractivity contribution in [3.05, 3.63) is 65.7 Å². The zero-order valence-corrected chi connectivity index (χ0v) is 23.5. The molecular weight excluding hydrogens is 500 g/mol. The zero-order chi connectivity index (χ0) is 29.4. The number of phenolic OH excluding ortho intramolecular Hbond substituents is 1. The number of ether oxygens (including phenoxy) is 1. The van der Waals surface area contributed by atoms with E-state index in [1.54, 1.807) is 59.7 Å². The zero-order valence-electron chi connectivity index (χ0n) is 23.5. The number of hydrogen-bond donors (Lipinski definition) is 4. The minimum atomic E-state index is -1.26. The van der Waals surface area contributed by atoms with E-state index in [0.29, 0.717) is 0 Å². The van der Waals surface area contributed by atoms with Crippen LogP contribution in [-0.4, -0.2) is 51.0 Å². The van der Waals surface area contributed by atoms with Gasteiger partial charge in [0.05, 0.1) is 0 Å². The molecule has 10 heteroatoms. The molecule has 2 unspecified atom stereocenters. The molecule has 4 amide bonds. The number of amides is 4. The Morgan fingerprint density at radius 3 is 2.08 bits per heavy atom. The van der Waals surface area contributed by atoms with Gasteiger partial charge in [0.1, 0.15) is 23.4 Å². The summed E-state index contributed by atoms with van der Waals surface area (Å²) in [5.41, 5.74) is 4.60. The number of phenols is 1. The first kappa shape index (κ1) is 31.1. The molecule has 0 aliphatic heterocycles. The maximum absolute atomic E-state index is 14.2. The number of nitrogens with zero attached hydrogens (tertiary/aromatic N) is 1. The summed E-state index contributed by atoms with van der Waals surface area (Å²) in [5, 5.41) is 16.1. The summed E-state index contributed by atoms with van der Waals surface area (Å²) >= 11 is 0. The van der Waals surface area contributed by atoms with E-state index >= 15 is 0 Å². The number of carbonyl (C=O) groups excluding carboxylic acids is 4. The molecule has 0 aliphatic carbocycles. The molecule has 0 aromatic heterocycles. The summed E-state index contributed by atoms with van der Waals surface area (Å²) in [4.78, 5) is 53.4. The van der Waals surface area contributed by atoms with Crippen LogP contribution in [0.4, 0.5) is 4.79 Å². The van der Waals surface area contributed by atoms with Crippen molar-refractivity contribution in [2.75, 3.05) is 0 Å². The molecule has 0 saturated heterocycles. The number of hydrogen-bond acceptors (Lipinski definition) is 6. The number of primary amides is 1. The fourth-order valence-corrected chi connectivity index (χ4v) is 4.00. The topological polar surface area (TPSA) is 151 Å². The molecule has 0 radical (unpaired) electrons. The van der Waals surface area contributed by atoms with Crippen molar-refractivity contribution in [1.82, 2.24) is 15.5 Å². The van der Waals surface area contributed by atoms with Gasteiger partial charge in [-0.05, 0) is 59.6 Å². The van der Waals surface area contributed by atoms with E-state index in [1.807, 2.05) is 30.3 Å². The van der Waals surface area contributed by atoms with Crippen molar-refractivity contribution in [3.8, 4) is 5.75 Å². The lowest BCUT2D eigenvalue weighted by atomic mass is 9.94. The smallest absolute Gasteiger partial charge is 0.408 e. The summed E-state index contributed by atoms with van der Waals surface area (Å²) < 4.78 is 5.33. The van der Waals surface area contributed by atoms with Crippen LogP contribution in [0.2, 0.25) is 0 Å². The Labute approximate surface area is 229 Å². The van der Waals surface area contributed by atoms with Crippen LogP contribution in [0.1, 0.15) is 71.6 Å². The van der Waals surface area contributed by atoms with Crippen molar-refractivity contribution < 1.29 is 29.0 Å². The molecule has 2 aromatic rings. The molecule has 2 rings (SSSR count). The summed E-state index contributed by atoms with van der Waals surface area (Å²) in [6.45, 7) is 10.4. The quantitative estimate of drug-likeness (QED) is 0.362. The van der Waals surface area contributed by atoms with Crippen LogP contribution in [0.3, 0.4) is 0 Å². The second-order valence-corrected chi connectivity index (χ2v) is 11.2. The van der Waals surface area contributed by atoms with Gasteiger partial charge in [0, 0.05) is 24.1 Å². The average molecular weight is 541 g/mol. The number of benzene rings is 2. The van der Waals surface area contributed by atoms with Crippen LogP contribution < -0.4 is 16.4 Å². The van der Waals surface area contributed by atoms with E-state index in [1.165, 1.54) is 11.0 Å². The van der Waals surface area contributed by atoms with E-state index in [4.69, 9.17) is 10.5 Å². The molecule has 0 bridgehead atoms. The Bertz CT molecular complexity index is 1150. The van der Waals surface area contributed by atoms with Gasteiger partial charge in [-0.1, -0.05) is 48.5 Å². The maximum atomic E-state index is 14.2. The summed E-state index contributed by atoms with van der Waals surface area (Å²) in [6.07, 6.45) is -1.16. The molecule has 0 saturated carbocycles. The standard InChI is InChI=1S/C29H40N4O6/c1-28(2,3)33(26(37)21(16-17-23(30)35)32-27(38)39-29(4,5)6)24(20-14-10-11-15-22(20)34)25(36)31-18-19-12-8-7-9-13-19/h7-15,21,24,34H,16-18H2,1-6H3,(H2,30,35)(H,31,36)(H,32,38). The highest BCUT2D eigenvalue weighted by Crippen LogP contribution is 2.34. The minimum Gasteiger partial charge on any atom is -0.508 e. The monoisotopic (exact) mass is 540 g/mol. The van der Waals surface area contributed by atoms with Gasteiger partial charge in [0.15, 0.2) is 0 Å². The van der Waals surface area contributed by atoms with Gasteiger partial charge in [-0.25, -0.2) is 4.79 Å². The molecule has 0 fully saturated rings. The third-order valence-corrected chi connectivity index (χ3v) is 5.68. The number of para-hydroxylation sites is 1. The van der Waals surface area contributed by atoms with Gasteiger partial charge >= 0.3 is 6.09 Å². The molecule has 2 aromatic carbocycles. The molecule has 0 heterocycles. The number of carbonyl (C=O) groups is 4. The van der Waals surface area contributed by atoms with Crippen LogP contribution >= 0.6 is 0 Å². The van der Waals surface area contributed by atoms with Gasteiger partial charge in [0.25, 0.3) is 0 Å². The Morgan fingerprint density at radius 2 is 1.54 bits per heavy atom. The number of rotatable bonds is 10. The third kappa shape index (κ3) is 9.63. The van der Waals surface area contributed by atoms with Crippen molar-refractivity contribution in [2.45, 2.75) is 84.2 Å². The Kier molecular flexibility index (Phi) is 10.5. The lowest BCUT2D eigenvalue weighted by molar-refractivity contribution is -0.148. The summed E-state index contributed by atoms with van der Waals surface area (Å²) in [7, 11) is 0. The van der Waals surface area contributed by atoms with Crippen LogP contribution in [0.15, 0.2) is 54.6 Å². The normalized spacial score (nSPS) is 13.1. The van der Waals surface area contributed by atoms with E-state index in [0.717, 1.165) is 5.56 Å². The average Bonchev–Trinajstić information content (AvgIpc) is 2.82. The van der Waals surface area contributed by atoms with Crippen LogP contribution in [-0.2, 0) is 25.7 Å². The van der Waals surface area contributed by atoms with Crippen molar-refractivity contribution in [2.24, 2.45) is 5.73 Å². The van der Waals surface area contributed by atoms with Crippen LogP contribution in [0.5, 0.6) is 5.75 Å². The number of nitrogens with one attached hydrogen (secondary N) is 2. The van der Waals surface area contributed by atoms with E-state index in [9.17, 15) is 24.3 Å². The van der Waals surface area contributed by atoms with E-state index in [2.05, 4.69) is 10.6 Å². The lowest BCUT2D eigenvalue weighted by Gasteiger charge is -2.43. The second-order valence-electron chi connectivity index (χ2n) is 11.2. The highest BCUT2D eigenvalue weighted by molar-refractivity contribution is 5.93. The first-order valence-electron chi connectivity index (χ1n) is 12.8. The molecule has 212 valence electrons. The Balaban J connectivity index is 2.53. The largest absolute Gasteiger partial charge is 0.508 e. The highest BCUT2D eigenvalue weighted by Gasteiger charge is 2.42. The van der Waals surface area contributed by atoms with Crippen molar-refractivity contribution >= 4 is 23.8 Å². The van der Waals surface area contributed by atoms with Crippen molar-refractivity contribution in [3.63, 3.8) is 0 Å². The van der Waals surface area contributed by atoms with Crippen LogP contribution in [0.25, 0.3) is 0 Å². The van der Waals surface area contributed by atoms with Gasteiger partial charge in [-0.15, -0.1) is 0 Å². The van der Waals surface area contributed by atoms with E-state index < -0.39 is 47.0 Å². The fraction of sp³-hybridized carbons (Fsp3) is 0.448. The van der Waals surface area contributed by atoms with Crippen molar-refractivity contribution in [1.29, 1.82) is 0 Å². The third-order valence-electron chi connectivity index (χ3n) is 5.68. The molecule has 39 heavy (non-hydrogen) atoms. The number of nitrogens with two attached hydrogens (primary N) is 1. The SMILES string of the molecule is CC(C)(C)OC(=O)NC(CCC(N)=O)C(=O)N(C(C(=O)NCc1ccccc1)c1ccccc1O)C(C)(C)C. The Hall–Kier alpha value is -4.08.